The molecule has 0 spiro atoms. The van der Waals surface area contributed by atoms with E-state index in [1.54, 1.807) is 0 Å². The predicted molar refractivity (Wildman–Crippen MR) is 81.5 cm³/mol. The number of aromatic nitrogens is 1. The predicted octanol–water partition coefficient (Wildman–Crippen LogP) is 3.83. The van der Waals surface area contributed by atoms with Gasteiger partial charge in [0.2, 0.25) is 0 Å². The maximum atomic E-state index is 13.8. The van der Waals surface area contributed by atoms with Crippen LogP contribution in [0.5, 0.6) is 0 Å². The zero-order valence-corrected chi connectivity index (χ0v) is 12.2. The Hall–Kier alpha value is -2.17. The Morgan fingerprint density at radius 3 is 2.43 bits per heavy atom. The fourth-order valence-electron chi connectivity index (χ4n) is 2.11. The minimum absolute atomic E-state index is 0.0191. The van der Waals surface area contributed by atoms with Crippen LogP contribution in [0.1, 0.15) is 19.4 Å². The van der Waals surface area contributed by atoms with Crippen molar-refractivity contribution in [1.29, 1.82) is 0 Å². The van der Waals surface area contributed by atoms with Crippen LogP contribution >= 0.6 is 0 Å². The molecule has 1 unspecified atom stereocenters. The van der Waals surface area contributed by atoms with Gasteiger partial charge in [-0.05, 0) is 25.8 Å². The summed E-state index contributed by atoms with van der Waals surface area (Å²) in [4.78, 5) is 3.97. The fraction of sp³-hybridized carbons (Fsp3) is 0.312. The van der Waals surface area contributed by atoms with E-state index in [1.807, 2.05) is 44.2 Å². The lowest BCUT2D eigenvalue weighted by molar-refractivity contribution is 0.575. The topological polar surface area (TPSA) is 37.0 Å². The van der Waals surface area contributed by atoms with Crippen LogP contribution in [-0.2, 0) is 6.42 Å². The number of halogens is 2. The zero-order valence-electron chi connectivity index (χ0n) is 12.2. The summed E-state index contributed by atoms with van der Waals surface area (Å²) in [5.74, 6) is -1.24. The molecule has 0 bridgehead atoms. The van der Waals surface area contributed by atoms with Crippen molar-refractivity contribution in [3.05, 3.63) is 53.6 Å². The average Bonchev–Trinajstić information content (AvgIpc) is 2.45. The van der Waals surface area contributed by atoms with Gasteiger partial charge in [0.1, 0.15) is 0 Å². The first-order valence-corrected chi connectivity index (χ1v) is 7.00. The smallest absolute Gasteiger partial charge is 0.168 e. The Morgan fingerprint density at radius 2 is 1.76 bits per heavy atom. The van der Waals surface area contributed by atoms with E-state index in [0.717, 1.165) is 18.1 Å². The maximum absolute atomic E-state index is 13.8. The van der Waals surface area contributed by atoms with Gasteiger partial charge in [0.05, 0.1) is 0 Å². The van der Waals surface area contributed by atoms with Crippen molar-refractivity contribution >= 4 is 11.6 Å². The Bertz CT molecular complexity index is 588. The molecule has 0 amide bonds. The van der Waals surface area contributed by atoms with Gasteiger partial charge in [-0.3, -0.25) is 0 Å². The van der Waals surface area contributed by atoms with Gasteiger partial charge in [0, 0.05) is 18.7 Å². The monoisotopic (exact) mass is 291 g/mol. The number of anilines is 2. The van der Waals surface area contributed by atoms with Crippen molar-refractivity contribution in [3.8, 4) is 0 Å². The van der Waals surface area contributed by atoms with Crippen LogP contribution in [0.4, 0.5) is 20.4 Å². The summed E-state index contributed by atoms with van der Waals surface area (Å²) in [6.45, 7) is 4.29. The molecule has 0 saturated carbocycles. The van der Waals surface area contributed by atoms with Crippen molar-refractivity contribution in [1.82, 2.24) is 4.98 Å². The van der Waals surface area contributed by atoms with Gasteiger partial charge in [-0.25, -0.2) is 13.8 Å². The van der Waals surface area contributed by atoms with Gasteiger partial charge < -0.3 is 10.6 Å². The van der Waals surface area contributed by atoms with Gasteiger partial charge in [0.15, 0.2) is 23.3 Å². The standard InChI is InChI=1S/C16H19F2N3/c1-3-19-15-13(17)10-14(18)16(21-15)20-11(2)9-12-7-5-4-6-8-12/h4-8,10-11H,3,9H2,1-2H3,(H2,19,20,21). The molecule has 2 N–H and O–H groups in total. The summed E-state index contributed by atoms with van der Waals surface area (Å²) >= 11 is 0. The molecule has 1 atom stereocenters. The number of benzene rings is 1. The van der Waals surface area contributed by atoms with Gasteiger partial charge in [-0.1, -0.05) is 30.3 Å². The molecule has 2 aromatic rings. The van der Waals surface area contributed by atoms with E-state index in [4.69, 9.17) is 0 Å². The Morgan fingerprint density at radius 1 is 1.10 bits per heavy atom. The highest BCUT2D eigenvalue weighted by Gasteiger charge is 2.13. The maximum Gasteiger partial charge on any atom is 0.168 e. The number of hydrogen-bond acceptors (Lipinski definition) is 3. The van der Waals surface area contributed by atoms with Crippen LogP contribution in [0, 0.1) is 11.6 Å². The van der Waals surface area contributed by atoms with Crippen molar-refractivity contribution in [2.45, 2.75) is 26.3 Å². The highest BCUT2D eigenvalue weighted by atomic mass is 19.1. The zero-order chi connectivity index (χ0) is 15.2. The third-order valence-electron chi connectivity index (χ3n) is 3.04. The first-order chi connectivity index (χ1) is 10.1. The van der Waals surface area contributed by atoms with Crippen LogP contribution in [-0.4, -0.2) is 17.6 Å². The number of rotatable bonds is 6. The van der Waals surface area contributed by atoms with Crippen molar-refractivity contribution < 1.29 is 8.78 Å². The molecule has 1 aromatic carbocycles. The largest absolute Gasteiger partial charge is 0.368 e. The van der Waals surface area contributed by atoms with Gasteiger partial charge in [-0.15, -0.1) is 0 Å². The summed E-state index contributed by atoms with van der Waals surface area (Å²) in [6, 6.07) is 10.7. The van der Waals surface area contributed by atoms with Crippen LogP contribution < -0.4 is 10.6 Å². The lowest BCUT2D eigenvalue weighted by Crippen LogP contribution is -2.20. The van der Waals surface area contributed by atoms with Crippen LogP contribution in [0.25, 0.3) is 0 Å². The molecule has 0 aliphatic rings. The molecule has 0 fully saturated rings. The third-order valence-corrected chi connectivity index (χ3v) is 3.04. The van der Waals surface area contributed by atoms with Crippen LogP contribution in [0.2, 0.25) is 0 Å². The molecule has 0 saturated heterocycles. The lowest BCUT2D eigenvalue weighted by Gasteiger charge is -2.16. The van der Waals surface area contributed by atoms with E-state index in [-0.39, 0.29) is 17.7 Å². The molecule has 1 heterocycles. The van der Waals surface area contributed by atoms with Gasteiger partial charge in [0.25, 0.3) is 0 Å². The summed E-state index contributed by atoms with van der Waals surface area (Å²) in [7, 11) is 0. The van der Waals surface area contributed by atoms with Gasteiger partial charge in [-0.2, -0.15) is 0 Å². The highest BCUT2D eigenvalue weighted by Crippen LogP contribution is 2.20. The second-order valence-electron chi connectivity index (χ2n) is 4.91. The van der Waals surface area contributed by atoms with Crippen molar-refractivity contribution in [3.63, 3.8) is 0 Å². The molecule has 0 aliphatic carbocycles. The summed E-state index contributed by atoms with van der Waals surface area (Å²) in [5, 5.41) is 5.77. The van der Waals surface area contributed by atoms with Crippen molar-refractivity contribution in [2.24, 2.45) is 0 Å². The minimum atomic E-state index is -0.686. The van der Waals surface area contributed by atoms with E-state index in [9.17, 15) is 8.78 Å². The van der Waals surface area contributed by atoms with E-state index in [1.165, 1.54) is 0 Å². The van der Waals surface area contributed by atoms with E-state index in [2.05, 4.69) is 15.6 Å². The Balaban J connectivity index is 2.09. The lowest BCUT2D eigenvalue weighted by atomic mass is 10.1. The first-order valence-electron chi connectivity index (χ1n) is 7.00. The van der Waals surface area contributed by atoms with Crippen LogP contribution in [0.15, 0.2) is 36.4 Å². The fourth-order valence-corrected chi connectivity index (χ4v) is 2.11. The van der Waals surface area contributed by atoms with Crippen LogP contribution in [0.3, 0.4) is 0 Å². The van der Waals surface area contributed by atoms with E-state index < -0.39 is 11.6 Å². The Labute approximate surface area is 123 Å². The first kappa shape index (κ1) is 15.2. The number of nitrogens with one attached hydrogen (secondary N) is 2. The number of hydrogen-bond donors (Lipinski definition) is 2. The SMILES string of the molecule is CCNc1nc(NC(C)Cc2ccccc2)c(F)cc1F. The average molecular weight is 291 g/mol. The second kappa shape index (κ2) is 7.02. The minimum Gasteiger partial charge on any atom is -0.368 e. The molecular weight excluding hydrogens is 272 g/mol. The third kappa shape index (κ3) is 4.15. The number of pyridine rings is 1. The normalized spacial score (nSPS) is 12.0. The molecule has 2 rings (SSSR count). The van der Waals surface area contributed by atoms with E-state index in [0.29, 0.717) is 6.54 Å². The molecule has 0 aliphatic heterocycles. The highest BCUT2D eigenvalue weighted by molar-refractivity contribution is 5.48. The second-order valence-corrected chi connectivity index (χ2v) is 4.91. The molecule has 3 nitrogen and oxygen atoms in total. The summed E-state index contributed by atoms with van der Waals surface area (Å²) < 4.78 is 27.3. The number of nitrogens with zero attached hydrogens (tertiary/aromatic N) is 1. The van der Waals surface area contributed by atoms with Crippen molar-refractivity contribution in [2.75, 3.05) is 17.2 Å². The quantitative estimate of drug-likeness (QED) is 0.849. The molecular formula is C16H19F2N3. The molecule has 5 heteroatoms. The summed E-state index contributed by atoms with van der Waals surface area (Å²) in [6.07, 6.45) is 0.732. The molecule has 21 heavy (non-hydrogen) atoms. The Kier molecular flexibility index (Phi) is 5.09. The summed E-state index contributed by atoms with van der Waals surface area (Å²) in [5.41, 5.74) is 1.15. The molecule has 112 valence electrons. The molecule has 1 aromatic heterocycles. The van der Waals surface area contributed by atoms with E-state index >= 15 is 0 Å². The van der Waals surface area contributed by atoms with Gasteiger partial charge >= 0.3 is 0 Å². The molecule has 0 radical (unpaired) electrons.